The highest BCUT2D eigenvalue weighted by Crippen LogP contribution is 2.16. The molecule has 24 nitrogen and oxygen atoms in total. The first kappa shape index (κ1) is 57.9. The number of carbonyl (C=O) groups is 8. The number of aliphatic carboxylic acids is 7. The lowest BCUT2D eigenvalue weighted by atomic mass is 10.0. The molecule has 3 rings (SSSR count). The van der Waals surface area contributed by atoms with Crippen molar-refractivity contribution in [2.45, 2.75) is 26.3 Å². The summed E-state index contributed by atoms with van der Waals surface area (Å²) in [5.41, 5.74) is 1.71. The van der Waals surface area contributed by atoms with Crippen molar-refractivity contribution >= 4 is 70.5 Å². The number of anilines is 1. The molecule has 0 amide bonds. The van der Waals surface area contributed by atoms with Crippen LogP contribution in [0.15, 0.2) is 24.3 Å². The fourth-order valence-electron chi connectivity index (χ4n) is 7.66. The van der Waals surface area contributed by atoms with Crippen molar-refractivity contribution in [1.29, 1.82) is 0 Å². The summed E-state index contributed by atoms with van der Waals surface area (Å²) in [7, 11) is 0. The van der Waals surface area contributed by atoms with E-state index in [2.05, 4.69) is 5.32 Å². The van der Waals surface area contributed by atoms with Crippen LogP contribution in [0.3, 0.4) is 0 Å². The molecule has 0 radical (unpaired) electrons. The first-order valence-electron chi connectivity index (χ1n) is 21.8. The van der Waals surface area contributed by atoms with Crippen LogP contribution in [-0.2, 0) is 44.8 Å². The molecule has 1 aromatic rings. The quantitative estimate of drug-likeness (QED) is 0.0693. The van der Waals surface area contributed by atoms with Gasteiger partial charge in [0.05, 0.1) is 57.3 Å². The van der Waals surface area contributed by atoms with Gasteiger partial charge in [0.2, 0.25) is 0 Å². The average molecular weight is 970 g/mol. The number of hydrogen-bond acceptors (Lipinski definition) is 17. The standard InChI is InChI=1S/C25H37N5O8S.C17H30N4O7/c1-18(39)26-20-4-2-19(3-5-20)12-21-13-29(16-24(35)36)9-8-27(14-22(31)32)6-7-28(15-23(33)34)10-11-30(21)17-25(37)38;1-14(22)10-18-2-4-19(11-15(23)24)6-8-21(13-17(27)28)9-7-20(5-3-18)12-16(25)26/h2-5,21H,6-17H2,1H3,(H,26,39)(H,31,32)(H,33,34)(H,35,36)(H,37,38);2-13H2,1H3,(H,23,24)(H,25,26)(H,27,28). The summed E-state index contributed by atoms with van der Waals surface area (Å²) >= 11 is 5.08. The molecule has 25 heteroatoms. The third-order valence-corrected chi connectivity index (χ3v) is 10.9. The molecule has 67 heavy (non-hydrogen) atoms. The molecular weight excluding hydrogens is 903 g/mol. The maximum atomic E-state index is 11.8. The highest BCUT2D eigenvalue weighted by Gasteiger charge is 2.28. The van der Waals surface area contributed by atoms with Crippen LogP contribution >= 0.6 is 12.2 Å². The number of carbonyl (C=O) groups excluding carboxylic acids is 1. The average Bonchev–Trinajstić information content (AvgIpc) is 3.19. The van der Waals surface area contributed by atoms with Crippen LogP contribution in [0.4, 0.5) is 5.69 Å². The Morgan fingerprint density at radius 2 is 0.731 bits per heavy atom. The van der Waals surface area contributed by atoms with Gasteiger partial charge in [0.25, 0.3) is 0 Å². The normalized spacial score (nSPS) is 19.2. The molecule has 0 saturated carbocycles. The van der Waals surface area contributed by atoms with E-state index in [1.165, 1.54) is 6.92 Å². The maximum Gasteiger partial charge on any atom is 0.317 e. The van der Waals surface area contributed by atoms with Gasteiger partial charge in [-0.05, 0) is 38.0 Å². The first-order valence-corrected chi connectivity index (χ1v) is 22.2. The number of carboxylic acids is 7. The molecule has 8 N–H and O–H groups in total. The summed E-state index contributed by atoms with van der Waals surface area (Å²) in [6, 6.07) is 7.08. The number of benzene rings is 1. The van der Waals surface area contributed by atoms with E-state index >= 15 is 0 Å². The van der Waals surface area contributed by atoms with Crippen LogP contribution in [0.1, 0.15) is 19.4 Å². The number of thiocarbonyl (C=S) groups is 1. The van der Waals surface area contributed by atoms with Crippen LogP contribution in [-0.4, -0.2) is 284 Å². The molecule has 1 aromatic carbocycles. The van der Waals surface area contributed by atoms with Gasteiger partial charge < -0.3 is 41.1 Å². The molecule has 0 aromatic heterocycles. The van der Waals surface area contributed by atoms with Crippen LogP contribution < -0.4 is 5.32 Å². The topological polar surface area (TPSA) is 316 Å². The van der Waals surface area contributed by atoms with E-state index in [1.54, 1.807) is 41.2 Å². The van der Waals surface area contributed by atoms with Gasteiger partial charge in [-0.25, -0.2) is 0 Å². The van der Waals surface area contributed by atoms with E-state index in [-0.39, 0.29) is 104 Å². The summed E-state index contributed by atoms with van der Waals surface area (Å²) in [6.45, 7) is 6.72. The van der Waals surface area contributed by atoms with Crippen molar-refractivity contribution in [3.8, 4) is 0 Å². The number of rotatable bonds is 19. The number of hydrogen-bond donors (Lipinski definition) is 8. The van der Waals surface area contributed by atoms with E-state index in [1.807, 2.05) is 29.2 Å². The number of nitrogens with zero attached hydrogens (tertiary/aromatic N) is 8. The number of carboxylic acid groups (broad SMARTS) is 7. The van der Waals surface area contributed by atoms with Gasteiger partial charge in [-0.2, -0.15) is 0 Å². The molecule has 0 aliphatic carbocycles. The van der Waals surface area contributed by atoms with Crippen LogP contribution in [0.25, 0.3) is 0 Å². The molecule has 2 saturated heterocycles. The van der Waals surface area contributed by atoms with Gasteiger partial charge >= 0.3 is 41.8 Å². The monoisotopic (exact) mass is 969 g/mol. The van der Waals surface area contributed by atoms with E-state index in [9.17, 15) is 58.8 Å². The molecule has 0 bridgehead atoms. The van der Waals surface area contributed by atoms with E-state index in [0.717, 1.165) is 11.3 Å². The molecular formula is C42H67N9O15S. The number of nitrogens with one attached hydrogen (secondary N) is 1. The SMILES string of the molecule is CC(=O)CN1CCN(CC(=O)O)CCN(CC(=O)O)CCN(CC(=O)O)CC1.CC(=S)Nc1ccc(CC2CN(CC(=O)O)CCN(CC(=O)O)CCN(CC(=O)O)CCN2CC(=O)O)cc1. The molecule has 376 valence electrons. The van der Waals surface area contributed by atoms with Gasteiger partial charge in [-0.15, -0.1) is 0 Å². The fourth-order valence-corrected chi connectivity index (χ4v) is 7.77. The van der Waals surface area contributed by atoms with Crippen molar-refractivity contribution in [3.05, 3.63) is 29.8 Å². The lowest BCUT2D eigenvalue weighted by Gasteiger charge is -2.37. The van der Waals surface area contributed by atoms with Crippen molar-refractivity contribution in [2.75, 3.05) is 156 Å². The fraction of sp³-hybridized carbons (Fsp3) is 0.643. The van der Waals surface area contributed by atoms with Gasteiger partial charge in [-0.3, -0.25) is 77.6 Å². The maximum absolute atomic E-state index is 11.8. The number of ketones is 1. The molecule has 1 atom stereocenters. The first-order chi connectivity index (χ1) is 31.6. The predicted molar refractivity (Wildman–Crippen MR) is 247 cm³/mol. The van der Waals surface area contributed by atoms with Gasteiger partial charge in [0, 0.05) is 110 Å². The Morgan fingerprint density at radius 1 is 0.448 bits per heavy atom. The minimum atomic E-state index is -1.05. The highest BCUT2D eigenvalue weighted by molar-refractivity contribution is 7.80. The van der Waals surface area contributed by atoms with Crippen LogP contribution in [0.2, 0.25) is 0 Å². The third kappa shape index (κ3) is 27.2. The highest BCUT2D eigenvalue weighted by atomic mass is 32.1. The Kier molecular flexibility index (Phi) is 26.7. The molecule has 0 spiro atoms. The Balaban J connectivity index is 0.000000487. The van der Waals surface area contributed by atoms with Crippen LogP contribution in [0.5, 0.6) is 0 Å². The zero-order chi connectivity index (χ0) is 50.1. The second kappa shape index (κ2) is 30.9. The minimum Gasteiger partial charge on any atom is -0.480 e. The van der Waals surface area contributed by atoms with Crippen LogP contribution in [0, 0.1) is 0 Å². The summed E-state index contributed by atoms with van der Waals surface area (Å²) in [5, 5.41) is 68.3. The zero-order valence-electron chi connectivity index (χ0n) is 38.2. The number of Topliss-reactive ketones (excluding diaryl/α,β-unsaturated/α-hetero) is 1. The summed E-state index contributed by atoms with van der Waals surface area (Å²) < 4.78 is 0. The summed E-state index contributed by atoms with van der Waals surface area (Å²) in [6.07, 6.45) is 0.415. The Hall–Kier alpha value is -5.25. The van der Waals surface area contributed by atoms with Gasteiger partial charge in [0.1, 0.15) is 5.78 Å². The van der Waals surface area contributed by atoms with Crippen molar-refractivity contribution in [1.82, 2.24) is 39.2 Å². The van der Waals surface area contributed by atoms with E-state index < -0.39 is 47.8 Å². The molecule has 1 unspecified atom stereocenters. The van der Waals surface area contributed by atoms with Crippen molar-refractivity contribution in [2.24, 2.45) is 0 Å². The molecule has 2 aliphatic rings. The van der Waals surface area contributed by atoms with E-state index in [4.69, 9.17) is 27.5 Å². The Labute approximate surface area is 394 Å². The largest absolute Gasteiger partial charge is 0.480 e. The van der Waals surface area contributed by atoms with Gasteiger partial charge in [-0.1, -0.05) is 24.4 Å². The second-order valence-corrected chi connectivity index (χ2v) is 17.2. The Morgan fingerprint density at radius 3 is 1.03 bits per heavy atom. The lowest BCUT2D eigenvalue weighted by Crippen LogP contribution is -2.53. The van der Waals surface area contributed by atoms with Gasteiger partial charge in [0.15, 0.2) is 0 Å². The predicted octanol–water partition coefficient (Wildman–Crippen LogP) is -2.03. The van der Waals surface area contributed by atoms with Crippen molar-refractivity contribution in [3.63, 3.8) is 0 Å². The second-order valence-electron chi connectivity index (χ2n) is 16.6. The van der Waals surface area contributed by atoms with E-state index in [0.29, 0.717) is 63.8 Å². The molecule has 2 heterocycles. The molecule has 2 aliphatic heterocycles. The third-order valence-electron chi connectivity index (χ3n) is 10.8. The minimum absolute atomic E-state index is 0.0192. The summed E-state index contributed by atoms with van der Waals surface area (Å²) in [4.78, 5) is 106. The van der Waals surface area contributed by atoms with Crippen molar-refractivity contribution < 1.29 is 74.1 Å². The summed E-state index contributed by atoms with van der Waals surface area (Å²) in [5.74, 6) is -7.13. The smallest absolute Gasteiger partial charge is 0.317 e. The Bertz CT molecular complexity index is 1700. The molecule has 2 fully saturated rings. The zero-order valence-corrected chi connectivity index (χ0v) is 39.1. The lowest BCUT2D eigenvalue weighted by molar-refractivity contribution is -0.142.